The number of hydrogen-bond acceptors (Lipinski definition) is 4. The molecule has 2 heterocycles. The van der Waals surface area contributed by atoms with Gasteiger partial charge >= 0.3 is 0 Å². The zero-order chi connectivity index (χ0) is 12.4. The molecule has 1 N–H and O–H groups in total. The van der Waals surface area contributed by atoms with Crippen LogP contribution in [0.2, 0.25) is 5.02 Å². The minimum Gasteiger partial charge on any atom is -0.394 e. The van der Waals surface area contributed by atoms with Crippen LogP contribution in [-0.4, -0.2) is 42.5 Å². The summed E-state index contributed by atoms with van der Waals surface area (Å²) < 4.78 is 6.17. The van der Waals surface area contributed by atoms with Gasteiger partial charge in [-0.2, -0.15) is 0 Å². The monoisotopic (exact) mass is 320 g/mol. The van der Waals surface area contributed by atoms with Crippen molar-refractivity contribution in [2.45, 2.75) is 18.6 Å². The van der Waals surface area contributed by atoms with Crippen molar-refractivity contribution in [1.29, 1.82) is 0 Å². The number of rotatable bonds is 3. The molecule has 0 amide bonds. The average Bonchev–Trinajstić information content (AvgIpc) is 2.72. The number of aliphatic hydroxyl groups is 1. The normalized spacial score (nSPS) is 24.4. The summed E-state index contributed by atoms with van der Waals surface area (Å²) in [6.07, 6.45) is 2.55. The van der Waals surface area contributed by atoms with Gasteiger partial charge in [-0.3, -0.25) is 0 Å². The Kier molecular flexibility index (Phi) is 4.25. The molecule has 1 aliphatic heterocycles. The van der Waals surface area contributed by atoms with Gasteiger partial charge in [0.25, 0.3) is 0 Å². The minimum absolute atomic E-state index is 0.0462. The Morgan fingerprint density at radius 1 is 1.71 bits per heavy atom. The van der Waals surface area contributed by atoms with E-state index in [1.165, 1.54) is 0 Å². The van der Waals surface area contributed by atoms with Crippen molar-refractivity contribution in [3.8, 4) is 0 Å². The van der Waals surface area contributed by atoms with Crippen LogP contribution in [0.5, 0.6) is 0 Å². The van der Waals surface area contributed by atoms with Crippen molar-refractivity contribution >= 4 is 33.3 Å². The van der Waals surface area contributed by atoms with Gasteiger partial charge in [-0.1, -0.05) is 11.6 Å². The third-order valence-electron chi connectivity index (χ3n) is 2.98. The van der Waals surface area contributed by atoms with E-state index >= 15 is 0 Å². The van der Waals surface area contributed by atoms with Crippen LogP contribution in [0.15, 0.2) is 16.7 Å². The zero-order valence-corrected chi connectivity index (χ0v) is 11.8. The van der Waals surface area contributed by atoms with E-state index in [1.54, 1.807) is 19.4 Å². The van der Waals surface area contributed by atoms with E-state index in [1.807, 2.05) is 0 Å². The van der Waals surface area contributed by atoms with Gasteiger partial charge in [0.2, 0.25) is 0 Å². The van der Waals surface area contributed by atoms with E-state index < -0.39 is 0 Å². The second kappa shape index (κ2) is 5.52. The lowest BCUT2D eigenvalue weighted by Crippen LogP contribution is -2.33. The zero-order valence-electron chi connectivity index (χ0n) is 9.44. The fourth-order valence-corrected chi connectivity index (χ4v) is 2.96. The molecule has 1 aromatic heterocycles. The molecular weight excluding hydrogens is 307 g/mol. The highest BCUT2D eigenvalue weighted by Crippen LogP contribution is 2.32. The van der Waals surface area contributed by atoms with Gasteiger partial charge in [0.05, 0.1) is 28.2 Å². The number of nitrogens with zero attached hydrogens (tertiary/aromatic N) is 2. The second-order valence-corrected chi connectivity index (χ2v) is 5.33. The Balaban J connectivity index is 2.26. The molecule has 0 bridgehead atoms. The molecule has 0 aliphatic carbocycles. The maximum atomic E-state index is 9.39. The van der Waals surface area contributed by atoms with Crippen LogP contribution < -0.4 is 4.90 Å². The number of halogens is 2. The molecule has 4 nitrogen and oxygen atoms in total. The summed E-state index contributed by atoms with van der Waals surface area (Å²) in [4.78, 5) is 6.36. The van der Waals surface area contributed by atoms with E-state index in [4.69, 9.17) is 16.3 Å². The van der Waals surface area contributed by atoms with Crippen molar-refractivity contribution < 1.29 is 9.84 Å². The fraction of sp³-hybridized carbons (Fsp3) is 0.545. The number of hydrogen-bond donors (Lipinski definition) is 1. The van der Waals surface area contributed by atoms with Crippen LogP contribution in [0.25, 0.3) is 0 Å². The van der Waals surface area contributed by atoms with Gasteiger partial charge in [-0.25, -0.2) is 4.98 Å². The summed E-state index contributed by atoms with van der Waals surface area (Å²) in [6, 6.07) is 1.85. The van der Waals surface area contributed by atoms with Gasteiger partial charge in [-0.05, 0) is 28.4 Å². The summed E-state index contributed by atoms with van der Waals surface area (Å²) in [7, 11) is 1.69. The van der Waals surface area contributed by atoms with Gasteiger partial charge in [0.1, 0.15) is 5.82 Å². The Morgan fingerprint density at radius 2 is 2.47 bits per heavy atom. The lowest BCUT2D eigenvalue weighted by atomic mass is 10.2. The molecule has 2 rings (SSSR count). The van der Waals surface area contributed by atoms with Crippen LogP contribution in [0.3, 0.4) is 0 Å². The molecule has 94 valence electrons. The van der Waals surface area contributed by atoms with Gasteiger partial charge < -0.3 is 14.7 Å². The minimum atomic E-state index is 0.0462. The molecule has 0 radical (unpaired) electrons. The average molecular weight is 322 g/mol. The third-order valence-corrected chi connectivity index (χ3v) is 3.77. The molecular formula is C11H14BrClN2O2. The molecule has 2 atom stereocenters. The summed E-state index contributed by atoms with van der Waals surface area (Å²) >= 11 is 9.31. The summed E-state index contributed by atoms with van der Waals surface area (Å²) in [5.41, 5.74) is 0. The highest BCUT2D eigenvalue weighted by atomic mass is 79.9. The summed E-state index contributed by atoms with van der Waals surface area (Å²) in [6.45, 7) is 0.825. The van der Waals surface area contributed by atoms with Crippen LogP contribution in [-0.2, 0) is 4.74 Å². The lowest BCUT2D eigenvalue weighted by Gasteiger charge is -2.24. The lowest BCUT2D eigenvalue weighted by molar-refractivity contribution is 0.115. The summed E-state index contributed by atoms with van der Waals surface area (Å²) in [5, 5.41) is 9.98. The molecule has 1 aliphatic rings. The molecule has 6 heteroatoms. The number of pyridine rings is 1. The van der Waals surface area contributed by atoms with E-state index in [2.05, 4.69) is 25.8 Å². The summed E-state index contributed by atoms with van der Waals surface area (Å²) in [5.74, 6) is 0.799. The Hall–Kier alpha value is -0.360. The smallest absolute Gasteiger partial charge is 0.143 e. The van der Waals surface area contributed by atoms with Crippen molar-refractivity contribution in [2.75, 3.05) is 25.2 Å². The molecule has 0 spiro atoms. The van der Waals surface area contributed by atoms with E-state index in [0.717, 1.165) is 23.3 Å². The van der Waals surface area contributed by atoms with E-state index in [0.29, 0.717) is 5.02 Å². The highest BCUT2D eigenvalue weighted by molar-refractivity contribution is 9.10. The quantitative estimate of drug-likeness (QED) is 0.926. The Bertz CT molecular complexity index is 405. The van der Waals surface area contributed by atoms with Crippen molar-refractivity contribution in [3.05, 3.63) is 21.8 Å². The van der Waals surface area contributed by atoms with Crippen LogP contribution in [0, 0.1) is 0 Å². The van der Waals surface area contributed by atoms with Crippen molar-refractivity contribution in [3.63, 3.8) is 0 Å². The first-order valence-electron chi connectivity index (χ1n) is 5.37. The Morgan fingerprint density at radius 3 is 3.06 bits per heavy atom. The van der Waals surface area contributed by atoms with Crippen LogP contribution >= 0.6 is 27.5 Å². The first-order chi connectivity index (χ1) is 8.15. The SMILES string of the molecule is CO[C@@H]1C[C@@H](CO)N(c2ncc(Cl)cc2Br)C1. The number of ether oxygens (including phenoxy) is 1. The predicted molar refractivity (Wildman–Crippen MR) is 70.6 cm³/mol. The molecule has 1 fully saturated rings. The maximum absolute atomic E-state index is 9.39. The number of aliphatic hydroxyl groups excluding tert-OH is 1. The maximum Gasteiger partial charge on any atom is 0.143 e. The molecule has 0 saturated carbocycles. The molecule has 0 aromatic carbocycles. The van der Waals surface area contributed by atoms with Crippen molar-refractivity contribution in [1.82, 2.24) is 4.98 Å². The molecule has 17 heavy (non-hydrogen) atoms. The van der Waals surface area contributed by atoms with Crippen LogP contribution in [0.1, 0.15) is 6.42 Å². The number of anilines is 1. The largest absolute Gasteiger partial charge is 0.394 e. The van der Waals surface area contributed by atoms with E-state index in [-0.39, 0.29) is 18.8 Å². The van der Waals surface area contributed by atoms with Crippen molar-refractivity contribution in [2.24, 2.45) is 0 Å². The van der Waals surface area contributed by atoms with E-state index in [9.17, 15) is 5.11 Å². The third kappa shape index (κ3) is 2.73. The fourth-order valence-electron chi connectivity index (χ4n) is 2.10. The highest BCUT2D eigenvalue weighted by Gasteiger charge is 2.33. The standard InChI is InChI=1S/C11H14BrClN2O2/c1-17-9-3-8(6-16)15(5-9)11-10(12)2-7(13)4-14-11/h2,4,8-9,16H,3,5-6H2,1H3/t8-,9+/m0/s1. The second-order valence-electron chi connectivity index (χ2n) is 4.04. The predicted octanol–water partition coefficient (Wildman–Crippen LogP) is 2.08. The van der Waals surface area contributed by atoms with Gasteiger partial charge in [-0.15, -0.1) is 0 Å². The molecule has 1 saturated heterocycles. The Labute approximate surface area is 114 Å². The number of aromatic nitrogens is 1. The van der Waals surface area contributed by atoms with Crippen LogP contribution in [0.4, 0.5) is 5.82 Å². The molecule has 1 aromatic rings. The molecule has 0 unspecified atom stereocenters. The first kappa shape index (κ1) is 13.1. The van der Waals surface area contributed by atoms with Gasteiger partial charge in [0, 0.05) is 19.9 Å². The first-order valence-corrected chi connectivity index (χ1v) is 6.54. The topological polar surface area (TPSA) is 45.6 Å². The van der Waals surface area contributed by atoms with Gasteiger partial charge in [0.15, 0.2) is 0 Å². The number of methoxy groups -OCH3 is 1.